The Hall–Kier alpha value is -3.68. The molecule has 0 spiro atoms. The van der Waals surface area contributed by atoms with Crippen molar-refractivity contribution >= 4 is 29.2 Å². The average Bonchev–Trinajstić information content (AvgIpc) is 2.85. The summed E-state index contributed by atoms with van der Waals surface area (Å²) in [4.78, 5) is 45.5. The van der Waals surface area contributed by atoms with Crippen molar-refractivity contribution < 1.29 is 14.4 Å². The zero-order valence-corrected chi connectivity index (χ0v) is 18.9. The first kappa shape index (κ1) is 22.5. The Balaban J connectivity index is 1.26. The minimum atomic E-state index is -0.254. The molecule has 0 aromatic heterocycles. The highest BCUT2D eigenvalue weighted by atomic mass is 16.2. The van der Waals surface area contributed by atoms with E-state index >= 15 is 0 Å². The molecule has 2 aliphatic heterocycles. The van der Waals surface area contributed by atoms with Crippen molar-refractivity contribution in [2.45, 2.75) is 26.2 Å². The fourth-order valence-electron chi connectivity index (χ4n) is 3.99. The molecule has 2 heterocycles. The monoisotopic (exact) mass is 447 g/mol. The molecule has 172 valence electrons. The predicted octanol–water partition coefficient (Wildman–Crippen LogP) is 1.94. The first-order valence-electron chi connectivity index (χ1n) is 11.3. The second-order valence-corrected chi connectivity index (χ2v) is 8.35. The lowest BCUT2D eigenvalue weighted by Crippen LogP contribution is -2.59. The lowest BCUT2D eigenvalue weighted by atomic mass is 10.1. The second kappa shape index (κ2) is 10.3. The summed E-state index contributed by atoms with van der Waals surface area (Å²) in [5.74, 6) is -0.197. The highest BCUT2D eigenvalue weighted by Crippen LogP contribution is 2.16. The van der Waals surface area contributed by atoms with Gasteiger partial charge in [-0.25, -0.2) is 5.01 Å². The van der Waals surface area contributed by atoms with Crippen LogP contribution >= 0.6 is 0 Å². The number of hydrogen-bond acceptors (Lipinski definition) is 5. The number of benzene rings is 2. The maximum Gasteiger partial charge on any atom is 0.290 e. The smallest absolute Gasteiger partial charge is 0.290 e. The number of carbonyl (C=O) groups excluding carboxylic acids is 3. The lowest BCUT2D eigenvalue weighted by Gasteiger charge is -2.36. The molecule has 0 radical (unpaired) electrons. The third-order valence-electron chi connectivity index (χ3n) is 5.95. The van der Waals surface area contributed by atoms with E-state index in [0.29, 0.717) is 38.3 Å². The van der Waals surface area contributed by atoms with Gasteiger partial charge < -0.3 is 9.80 Å². The normalized spacial score (nSPS) is 16.3. The Kier molecular flexibility index (Phi) is 7.02. The van der Waals surface area contributed by atoms with Crippen molar-refractivity contribution in [2.75, 3.05) is 37.7 Å². The van der Waals surface area contributed by atoms with Crippen molar-refractivity contribution in [3.8, 4) is 0 Å². The van der Waals surface area contributed by atoms with Crippen molar-refractivity contribution in [3.05, 3.63) is 65.7 Å². The molecule has 2 aromatic rings. The number of aryl methyl sites for hydroxylation is 2. The van der Waals surface area contributed by atoms with Gasteiger partial charge in [-0.05, 0) is 37.5 Å². The first-order valence-corrected chi connectivity index (χ1v) is 11.3. The van der Waals surface area contributed by atoms with E-state index in [-0.39, 0.29) is 30.1 Å². The fourth-order valence-corrected chi connectivity index (χ4v) is 3.99. The number of anilines is 1. The molecule has 0 unspecified atom stereocenters. The summed E-state index contributed by atoms with van der Waals surface area (Å²) in [6.45, 7) is 3.79. The Morgan fingerprint density at radius 3 is 2.30 bits per heavy atom. The molecule has 33 heavy (non-hydrogen) atoms. The van der Waals surface area contributed by atoms with Gasteiger partial charge in [-0.15, -0.1) is 0 Å². The van der Waals surface area contributed by atoms with Crippen LogP contribution in [-0.4, -0.2) is 66.1 Å². The fraction of sp³-hybridized carbons (Fsp3) is 0.360. The van der Waals surface area contributed by atoms with Crippen LogP contribution < -0.4 is 10.4 Å². The molecule has 2 aromatic carbocycles. The van der Waals surface area contributed by atoms with Gasteiger partial charge in [0.15, 0.2) is 0 Å². The van der Waals surface area contributed by atoms with E-state index in [1.165, 1.54) is 10.6 Å². The van der Waals surface area contributed by atoms with Gasteiger partial charge in [0.25, 0.3) is 11.8 Å². The molecule has 0 atom stereocenters. The summed E-state index contributed by atoms with van der Waals surface area (Å²) in [7, 11) is 0. The van der Waals surface area contributed by atoms with Crippen LogP contribution in [0.5, 0.6) is 0 Å². The van der Waals surface area contributed by atoms with Crippen molar-refractivity contribution in [1.82, 2.24) is 15.2 Å². The topological polar surface area (TPSA) is 85.3 Å². The number of piperazine rings is 1. The van der Waals surface area contributed by atoms with Crippen LogP contribution in [0, 0.1) is 6.92 Å². The maximum absolute atomic E-state index is 13.0. The molecule has 3 amide bonds. The van der Waals surface area contributed by atoms with E-state index in [1.807, 2.05) is 54.3 Å². The molecule has 1 saturated heterocycles. The summed E-state index contributed by atoms with van der Waals surface area (Å²) < 4.78 is 0. The van der Waals surface area contributed by atoms with Crippen LogP contribution in [0.15, 0.2) is 59.6 Å². The molecule has 8 heteroatoms. The largest absolute Gasteiger partial charge is 0.339 e. The van der Waals surface area contributed by atoms with Crippen molar-refractivity contribution in [1.29, 1.82) is 0 Å². The zero-order valence-electron chi connectivity index (χ0n) is 18.9. The molecule has 8 nitrogen and oxygen atoms in total. The van der Waals surface area contributed by atoms with Crippen LogP contribution in [-0.2, 0) is 20.8 Å². The van der Waals surface area contributed by atoms with Crippen LogP contribution in [0.25, 0.3) is 0 Å². The third kappa shape index (κ3) is 5.58. The second-order valence-electron chi connectivity index (χ2n) is 8.35. The molecule has 1 N–H and O–H groups in total. The molecule has 4 rings (SSSR count). The number of amidine groups is 1. The van der Waals surface area contributed by atoms with Gasteiger partial charge in [-0.2, -0.15) is 0 Å². The number of carbonyl (C=O) groups is 3. The third-order valence-corrected chi connectivity index (χ3v) is 5.95. The van der Waals surface area contributed by atoms with E-state index in [9.17, 15) is 14.4 Å². The van der Waals surface area contributed by atoms with Crippen LogP contribution in [0.3, 0.4) is 0 Å². The van der Waals surface area contributed by atoms with Gasteiger partial charge in [-0.1, -0.05) is 48.0 Å². The Bertz CT molecular complexity index is 1030. The SMILES string of the molecule is Cc1ccc(N2NC(C(=O)N3CCN(C(=O)CCCc4ccccc4)CC3)=NCC2=O)cc1. The van der Waals surface area contributed by atoms with Gasteiger partial charge in [-0.3, -0.25) is 24.8 Å². The zero-order chi connectivity index (χ0) is 23.2. The number of amides is 3. The minimum absolute atomic E-state index is 0.0815. The Morgan fingerprint density at radius 2 is 1.61 bits per heavy atom. The molecule has 2 aliphatic rings. The minimum Gasteiger partial charge on any atom is -0.339 e. The van der Waals surface area contributed by atoms with E-state index < -0.39 is 0 Å². The van der Waals surface area contributed by atoms with Crippen LogP contribution in [0.4, 0.5) is 5.69 Å². The first-order chi connectivity index (χ1) is 16.0. The molecule has 0 bridgehead atoms. The molecular formula is C25H29N5O3. The lowest BCUT2D eigenvalue weighted by molar-refractivity contribution is -0.136. The average molecular weight is 448 g/mol. The summed E-state index contributed by atoms with van der Waals surface area (Å²) in [5, 5.41) is 1.37. The summed E-state index contributed by atoms with van der Waals surface area (Å²) in [6.07, 6.45) is 2.20. The van der Waals surface area contributed by atoms with Gasteiger partial charge in [0, 0.05) is 32.6 Å². The molecule has 1 fully saturated rings. The number of hydrazine groups is 1. The van der Waals surface area contributed by atoms with Gasteiger partial charge >= 0.3 is 0 Å². The number of nitrogens with zero attached hydrogens (tertiary/aromatic N) is 4. The standard InChI is InChI=1S/C25H29N5O3/c1-19-10-12-21(13-11-19)30-23(32)18-26-24(27-30)25(33)29-16-14-28(15-17-29)22(31)9-5-8-20-6-3-2-4-7-20/h2-4,6-7,10-13H,5,8-9,14-18H2,1H3,(H,26,27). The molecule has 0 saturated carbocycles. The number of rotatable bonds is 6. The molecular weight excluding hydrogens is 418 g/mol. The van der Waals surface area contributed by atoms with Gasteiger partial charge in [0.05, 0.1) is 5.69 Å². The molecule has 0 aliphatic carbocycles. The van der Waals surface area contributed by atoms with Crippen molar-refractivity contribution in [3.63, 3.8) is 0 Å². The van der Waals surface area contributed by atoms with E-state index in [1.54, 1.807) is 4.90 Å². The van der Waals surface area contributed by atoms with Gasteiger partial charge in [0.1, 0.15) is 6.54 Å². The summed E-state index contributed by atoms with van der Waals surface area (Å²) in [6, 6.07) is 17.6. The highest BCUT2D eigenvalue weighted by molar-refractivity contribution is 6.39. The van der Waals surface area contributed by atoms with Crippen LogP contribution in [0.1, 0.15) is 24.0 Å². The summed E-state index contributed by atoms with van der Waals surface area (Å²) in [5.41, 5.74) is 5.86. The quantitative estimate of drug-likeness (QED) is 0.733. The number of aliphatic imine (C=N–C) groups is 1. The van der Waals surface area contributed by atoms with Crippen molar-refractivity contribution in [2.24, 2.45) is 4.99 Å². The number of hydrogen-bond donors (Lipinski definition) is 1. The number of nitrogens with one attached hydrogen (secondary N) is 1. The van der Waals surface area contributed by atoms with E-state index in [0.717, 1.165) is 18.4 Å². The highest BCUT2D eigenvalue weighted by Gasteiger charge is 2.31. The van der Waals surface area contributed by atoms with Crippen LogP contribution in [0.2, 0.25) is 0 Å². The van der Waals surface area contributed by atoms with E-state index in [2.05, 4.69) is 22.6 Å². The Morgan fingerprint density at radius 1 is 0.939 bits per heavy atom. The maximum atomic E-state index is 13.0. The predicted molar refractivity (Wildman–Crippen MR) is 127 cm³/mol. The van der Waals surface area contributed by atoms with Gasteiger partial charge in [0.2, 0.25) is 11.7 Å². The van der Waals surface area contributed by atoms with E-state index in [4.69, 9.17) is 0 Å². The summed E-state index contributed by atoms with van der Waals surface area (Å²) >= 11 is 0. The Labute approximate surface area is 193 Å².